The Morgan fingerprint density at radius 1 is 1.25 bits per heavy atom. The van der Waals surface area contributed by atoms with Gasteiger partial charge in [0.2, 0.25) is 0 Å². The molecule has 0 unspecified atom stereocenters. The van der Waals surface area contributed by atoms with E-state index in [4.69, 9.17) is 0 Å². The van der Waals surface area contributed by atoms with Gasteiger partial charge in [-0.1, -0.05) is 35.8 Å². The molecule has 108 valence electrons. The number of nitrogens with one attached hydrogen (secondary N) is 1. The lowest BCUT2D eigenvalue weighted by atomic mass is 10.2. The number of rotatable bonds is 7. The number of nitrogens with zero attached hydrogens (tertiary/aromatic N) is 2. The summed E-state index contributed by atoms with van der Waals surface area (Å²) in [5.74, 6) is 1.12. The van der Waals surface area contributed by atoms with Crippen molar-refractivity contribution in [3.8, 4) is 5.69 Å². The van der Waals surface area contributed by atoms with Crippen LogP contribution in [0.3, 0.4) is 0 Å². The van der Waals surface area contributed by atoms with Crippen LogP contribution in [-0.2, 0) is 13.0 Å². The summed E-state index contributed by atoms with van der Waals surface area (Å²) in [6.45, 7) is 6.31. The third-order valence-electron chi connectivity index (χ3n) is 3.25. The second kappa shape index (κ2) is 7.60. The van der Waals surface area contributed by atoms with Gasteiger partial charge in [-0.05, 0) is 37.1 Å². The molecule has 0 bridgehead atoms. The lowest BCUT2D eigenvalue weighted by Crippen LogP contribution is -2.14. The van der Waals surface area contributed by atoms with E-state index in [1.807, 2.05) is 12.4 Å². The van der Waals surface area contributed by atoms with Crippen LogP contribution in [0.15, 0.2) is 35.1 Å². The molecule has 0 aliphatic heterocycles. The molecule has 1 heterocycles. The molecule has 0 radical (unpaired) electrons. The van der Waals surface area contributed by atoms with Crippen LogP contribution in [0, 0.1) is 0 Å². The Labute approximate surface area is 129 Å². The maximum atomic E-state index is 4.43. The molecular weight excluding hydrogens is 314 g/mol. The van der Waals surface area contributed by atoms with Crippen LogP contribution in [0.2, 0.25) is 0 Å². The zero-order valence-corrected chi connectivity index (χ0v) is 13.8. The van der Waals surface area contributed by atoms with Crippen LogP contribution in [0.5, 0.6) is 0 Å². The number of hydrogen-bond donors (Lipinski definition) is 1. The van der Waals surface area contributed by atoms with E-state index in [0.29, 0.717) is 0 Å². The van der Waals surface area contributed by atoms with E-state index in [0.717, 1.165) is 48.3 Å². The zero-order chi connectivity index (χ0) is 14.4. The first-order chi connectivity index (χ1) is 9.76. The first kappa shape index (κ1) is 15.3. The average molecular weight is 336 g/mol. The van der Waals surface area contributed by atoms with E-state index in [9.17, 15) is 0 Å². The molecule has 0 aliphatic carbocycles. The Morgan fingerprint density at radius 3 is 2.80 bits per heavy atom. The molecular formula is C16H22BrN3. The van der Waals surface area contributed by atoms with Crippen molar-refractivity contribution in [2.75, 3.05) is 6.54 Å². The Kier molecular flexibility index (Phi) is 5.80. The molecule has 1 aromatic heterocycles. The van der Waals surface area contributed by atoms with Crippen molar-refractivity contribution < 1.29 is 0 Å². The van der Waals surface area contributed by atoms with Crippen LogP contribution in [-0.4, -0.2) is 16.1 Å². The molecule has 2 rings (SSSR count). The normalized spacial score (nSPS) is 10.9. The number of aryl methyl sites for hydroxylation is 1. The minimum absolute atomic E-state index is 0.903. The summed E-state index contributed by atoms with van der Waals surface area (Å²) in [5, 5.41) is 3.43. The van der Waals surface area contributed by atoms with Gasteiger partial charge in [0.15, 0.2) is 0 Å². The highest BCUT2D eigenvalue weighted by Gasteiger charge is 2.06. The Bertz CT molecular complexity index is 548. The summed E-state index contributed by atoms with van der Waals surface area (Å²) in [4.78, 5) is 4.43. The van der Waals surface area contributed by atoms with Gasteiger partial charge in [0, 0.05) is 35.5 Å². The summed E-state index contributed by atoms with van der Waals surface area (Å²) < 4.78 is 3.31. The second-order valence-electron chi connectivity index (χ2n) is 4.92. The van der Waals surface area contributed by atoms with Gasteiger partial charge in [-0.15, -0.1) is 0 Å². The molecule has 0 saturated carbocycles. The predicted molar refractivity (Wildman–Crippen MR) is 87.3 cm³/mol. The van der Waals surface area contributed by atoms with E-state index in [2.05, 4.69) is 62.8 Å². The number of aromatic nitrogens is 2. The van der Waals surface area contributed by atoms with E-state index >= 15 is 0 Å². The summed E-state index contributed by atoms with van der Waals surface area (Å²) in [7, 11) is 0. The van der Waals surface area contributed by atoms with E-state index in [-0.39, 0.29) is 0 Å². The second-order valence-corrected chi connectivity index (χ2v) is 5.77. The maximum absolute atomic E-state index is 4.43. The van der Waals surface area contributed by atoms with Gasteiger partial charge in [-0.25, -0.2) is 4.98 Å². The fraction of sp³-hybridized carbons (Fsp3) is 0.438. The standard InChI is InChI=1S/C16H22BrN3/c1-3-5-16-19-9-10-20(16)14-7-6-13(15(17)11-14)12-18-8-4-2/h6-7,9-11,18H,3-5,8,12H2,1-2H3. The number of halogens is 1. The van der Waals surface area contributed by atoms with Gasteiger partial charge in [-0.2, -0.15) is 0 Å². The van der Waals surface area contributed by atoms with Gasteiger partial charge in [-0.3, -0.25) is 0 Å². The summed E-state index contributed by atoms with van der Waals surface area (Å²) in [6.07, 6.45) is 7.17. The van der Waals surface area contributed by atoms with Crippen molar-refractivity contribution in [3.63, 3.8) is 0 Å². The molecule has 4 heteroatoms. The average Bonchev–Trinajstić information content (AvgIpc) is 2.89. The van der Waals surface area contributed by atoms with Crippen LogP contribution in [0.1, 0.15) is 38.1 Å². The molecule has 0 atom stereocenters. The van der Waals surface area contributed by atoms with E-state index in [1.165, 1.54) is 5.56 Å². The van der Waals surface area contributed by atoms with E-state index < -0.39 is 0 Å². The minimum atomic E-state index is 0.903. The molecule has 1 N–H and O–H groups in total. The van der Waals surface area contributed by atoms with Crippen molar-refractivity contribution in [3.05, 3.63) is 46.5 Å². The summed E-state index contributed by atoms with van der Waals surface area (Å²) in [5.41, 5.74) is 2.46. The molecule has 2 aromatic rings. The molecule has 20 heavy (non-hydrogen) atoms. The molecule has 3 nitrogen and oxygen atoms in total. The molecule has 0 saturated heterocycles. The first-order valence-electron chi connectivity index (χ1n) is 7.28. The fourth-order valence-electron chi connectivity index (χ4n) is 2.21. The van der Waals surface area contributed by atoms with Crippen LogP contribution >= 0.6 is 15.9 Å². The summed E-state index contributed by atoms with van der Waals surface area (Å²) >= 11 is 3.67. The van der Waals surface area contributed by atoms with Crippen molar-refractivity contribution in [2.45, 2.75) is 39.7 Å². The highest BCUT2D eigenvalue weighted by molar-refractivity contribution is 9.10. The van der Waals surface area contributed by atoms with Crippen LogP contribution < -0.4 is 5.32 Å². The lowest BCUT2D eigenvalue weighted by molar-refractivity contribution is 0.674. The van der Waals surface area contributed by atoms with Crippen molar-refractivity contribution in [1.82, 2.24) is 14.9 Å². The number of hydrogen-bond acceptors (Lipinski definition) is 2. The van der Waals surface area contributed by atoms with Gasteiger partial charge >= 0.3 is 0 Å². The van der Waals surface area contributed by atoms with Crippen LogP contribution in [0.4, 0.5) is 0 Å². The van der Waals surface area contributed by atoms with Gasteiger partial charge in [0.05, 0.1) is 0 Å². The fourth-order valence-corrected chi connectivity index (χ4v) is 2.71. The third-order valence-corrected chi connectivity index (χ3v) is 3.99. The molecule has 1 aromatic carbocycles. The van der Waals surface area contributed by atoms with Gasteiger partial charge in [0.25, 0.3) is 0 Å². The van der Waals surface area contributed by atoms with Gasteiger partial charge in [0.1, 0.15) is 5.82 Å². The van der Waals surface area contributed by atoms with Crippen molar-refractivity contribution in [2.24, 2.45) is 0 Å². The molecule has 0 amide bonds. The molecule has 0 spiro atoms. The van der Waals surface area contributed by atoms with Gasteiger partial charge < -0.3 is 9.88 Å². The summed E-state index contributed by atoms with van der Waals surface area (Å²) in [6, 6.07) is 6.51. The number of benzene rings is 1. The van der Waals surface area contributed by atoms with Crippen molar-refractivity contribution in [1.29, 1.82) is 0 Å². The number of imidazole rings is 1. The lowest BCUT2D eigenvalue weighted by Gasteiger charge is -2.11. The Balaban J connectivity index is 2.17. The highest BCUT2D eigenvalue weighted by atomic mass is 79.9. The Morgan fingerprint density at radius 2 is 2.10 bits per heavy atom. The quantitative estimate of drug-likeness (QED) is 0.772. The molecule has 0 aliphatic rings. The SMILES string of the molecule is CCCNCc1ccc(-n2ccnc2CCC)cc1Br. The molecule has 0 fully saturated rings. The first-order valence-corrected chi connectivity index (χ1v) is 8.07. The van der Waals surface area contributed by atoms with Crippen molar-refractivity contribution >= 4 is 15.9 Å². The maximum Gasteiger partial charge on any atom is 0.113 e. The largest absolute Gasteiger partial charge is 0.313 e. The minimum Gasteiger partial charge on any atom is -0.313 e. The van der Waals surface area contributed by atoms with E-state index in [1.54, 1.807) is 0 Å². The zero-order valence-electron chi connectivity index (χ0n) is 12.2. The third kappa shape index (κ3) is 3.70. The predicted octanol–water partition coefficient (Wildman–Crippen LogP) is 4.09. The van der Waals surface area contributed by atoms with Crippen LogP contribution in [0.25, 0.3) is 5.69 Å². The smallest absolute Gasteiger partial charge is 0.113 e. The highest BCUT2D eigenvalue weighted by Crippen LogP contribution is 2.22. The Hall–Kier alpha value is -1.13. The topological polar surface area (TPSA) is 29.9 Å². The monoisotopic (exact) mass is 335 g/mol.